The number of carbonyl (C=O) groups excluding carboxylic acids is 1. The van der Waals surface area contributed by atoms with Crippen molar-refractivity contribution < 1.29 is 9.53 Å². The lowest BCUT2D eigenvalue weighted by Crippen LogP contribution is -2.32. The average molecular weight is 276 g/mol. The van der Waals surface area contributed by atoms with Crippen molar-refractivity contribution in [3.8, 4) is 0 Å². The van der Waals surface area contributed by atoms with Crippen LogP contribution in [-0.2, 0) is 9.53 Å². The lowest BCUT2D eigenvalue weighted by Gasteiger charge is -2.19. The number of nitrogens with zero attached hydrogens (tertiary/aromatic N) is 3. The van der Waals surface area contributed by atoms with Gasteiger partial charge in [-0.1, -0.05) is 28.9 Å². The number of azide groups is 1. The minimum atomic E-state index is -0.538. The smallest absolute Gasteiger partial charge is 0.327 e. The van der Waals surface area contributed by atoms with Crippen LogP contribution in [0.3, 0.4) is 0 Å². The van der Waals surface area contributed by atoms with E-state index in [1.54, 1.807) is 6.92 Å². The fourth-order valence-corrected chi connectivity index (χ4v) is 1.92. The van der Waals surface area contributed by atoms with Gasteiger partial charge in [-0.3, -0.25) is 0 Å². The third-order valence-electron chi connectivity index (χ3n) is 2.89. The van der Waals surface area contributed by atoms with Crippen molar-refractivity contribution in [2.24, 2.45) is 5.11 Å². The Morgan fingerprint density at radius 3 is 2.90 bits per heavy atom. The zero-order valence-corrected chi connectivity index (χ0v) is 12.1. The lowest BCUT2D eigenvalue weighted by atomic mass is 9.99. The third-order valence-corrected chi connectivity index (χ3v) is 2.89. The SMILES string of the molecule is CCOC(=O)C(NCCN=[N+]=[N-])c1cc(C)ccc1C. The summed E-state index contributed by atoms with van der Waals surface area (Å²) < 4.78 is 5.11. The zero-order chi connectivity index (χ0) is 15.0. The molecule has 1 aromatic carbocycles. The van der Waals surface area contributed by atoms with Gasteiger partial charge in [0.2, 0.25) is 0 Å². The van der Waals surface area contributed by atoms with Crippen LogP contribution < -0.4 is 5.32 Å². The first-order chi connectivity index (χ1) is 9.60. The fourth-order valence-electron chi connectivity index (χ4n) is 1.92. The van der Waals surface area contributed by atoms with Gasteiger partial charge in [-0.25, -0.2) is 4.79 Å². The largest absolute Gasteiger partial charge is 0.465 e. The molecule has 6 nitrogen and oxygen atoms in total. The van der Waals surface area contributed by atoms with Gasteiger partial charge in [0.1, 0.15) is 6.04 Å². The summed E-state index contributed by atoms with van der Waals surface area (Å²) in [6.45, 7) is 6.75. The van der Waals surface area contributed by atoms with Crippen LogP contribution in [0.5, 0.6) is 0 Å². The molecule has 108 valence electrons. The predicted octanol–water partition coefficient (Wildman–Crippen LogP) is 2.81. The van der Waals surface area contributed by atoms with Crippen molar-refractivity contribution >= 4 is 5.97 Å². The highest BCUT2D eigenvalue weighted by atomic mass is 16.5. The number of hydrogen-bond donors (Lipinski definition) is 1. The van der Waals surface area contributed by atoms with Crippen LogP contribution in [0.15, 0.2) is 23.3 Å². The number of aryl methyl sites for hydroxylation is 2. The lowest BCUT2D eigenvalue weighted by molar-refractivity contribution is -0.145. The summed E-state index contributed by atoms with van der Waals surface area (Å²) in [5.41, 5.74) is 11.3. The number of rotatable bonds is 7. The van der Waals surface area contributed by atoms with Gasteiger partial charge in [0.15, 0.2) is 0 Å². The number of nitrogens with one attached hydrogen (secondary N) is 1. The zero-order valence-electron chi connectivity index (χ0n) is 12.1. The minimum Gasteiger partial charge on any atom is -0.465 e. The quantitative estimate of drug-likeness (QED) is 0.273. The number of hydrogen-bond acceptors (Lipinski definition) is 4. The Labute approximate surface area is 118 Å². The Hall–Kier alpha value is -2.04. The van der Waals surface area contributed by atoms with Crippen molar-refractivity contribution in [3.63, 3.8) is 0 Å². The second kappa shape index (κ2) is 8.19. The molecular formula is C14H20N4O2. The molecule has 0 amide bonds. The molecule has 20 heavy (non-hydrogen) atoms. The van der Waals surface area contributed by atoms with Gasteiger partial charge in [-0.2, -0.15) is 0 Å². The summed E-state index contributed by atoms with van der Waals surface area (Å²) in [5, 5.41) is 6.53. The van der Waals surface area contributed by atoms with E-state index in [0.717, 1.165) is 16.7 Å². The highest BCUT2D eigenvalue weighted by molar-refractivity contribution is 5.78. The van der Waals surface area contributed by atoms with Crippen LogP contribution in [0.25, 0.3) is 10.4 Å². The molecule has 0 heterocycles. The fraction of sp³-hybridized carbons (Fsp3) is 0.500. The molecule has 0 aliphatic heterocycles. The molecule has 0 aliphatic carbocycles. The van der Waals surface area contributed by atoms with Crippen LogP contribution in [0.1, 0.15) is 29.7 Å². The van der Waals surface area contributed by atoms with Crippen LogP contribution >= 0.6 is 0 Å². The van der Waals surface area contributed by atoms with Crippen LogP contribution in [0.4, 0.5) is 0 Å². The van der Waals surface area contributed by atoms with Gasteiger partial charge in [-0.15, -0.1) is 0 Å². The van der Waals surface area contributed by atoms with Crippen LogP contribution in [0, 0.1) is 13.8 Å². The number of ether oxygens (including phenoxy) is 1. The number of esters is 1. The Bertz CT molecular complexity index is 510. The summed E-state index contributed by atoms with van der Waals surface area (Å²) in [4.78, 5) is 14.8. The molecule has 1 aromatic rings. The molecule has 0 fully saturated rings. The number of carbonyl (C=O) groups is 1. The normalized spacial score (nSPS) is 11.6. The Balaban J connectivity index is 2.93. The average Bonchev–Trinajstić information content (AvgIpc) is 2.42. The molecule has 0 aromatic heterocycles. The first-order valence-corrected chi connectivity index (χ1v) is 6.58. The second-order valence-electron chi connectivity index (χ2n) is 4.45. The van der Waals surface area contributed by atoms with E-state index in [2.05, 4.69) is 15.3 Å². The third kappa shape index (κ3) is 4.57. The predicted molar refractivity (Wildman–Crippen MR) is 77.3 cm³/mol. The molecule has 1 atom stereocenters. The van der Waals surface area contributed by atoms with Gasteiger partial charge in [-0.05, 0) is 37.4 Å². The van der Waals surface area contributed by atoms with Crippen molar-refractivity contribution in [2.45, 2.75) is 26.8 Å². The van der Waals surface area contributed by atoms with E-state index >= 15 is 0 Å². The molecule has 0 saturated heterocycles. The summed E-state index contributed by atoms with van der Waals surface area (Å²) in [7, 11) is 0. The molecule has 1 unspecified atom stereocenters. The molecule has 0 aliphatic rings. The maximum Gasteiger partial charge on any atom is 0.327 e. The molecule has 0 bridgehead atoms. The summed E-state index contributed by atoms with van der Waals surface area (Å²) in [6.07, 6.45) is 0. The summed E-state index contributed by atoms with van der Waals surface area (Å²) >= 11 is 0. The molecule has 0 spiro atoms. The Morgan fingerprint density at radius 1 is 1.50 bits per heavy atom. The first-order valence-electron chi connectivity index (χ1n) is 6.58. The molecular weight excluding hydrogens is 256 g/mol. The maximum absolute atomic E-state index is 12.1. The number of benzene rings is 1. The molecule has 0 radical (unpaired) electrons. The second-order valence-corrected chi connectivity index (χ2v) is 4.45. The van der Waals surface area contributed by atoms with Gasteiger partial charge in [0.05, 0.1) is 6.61 Å². The molecule has 1 N–H and O–H groups in total. The monoisotopic (exact) mass is 276 g/mol. The van der Waals surface area contributed by atoms with Gasteiger partial charge < -0.3 is 10.1 Å². The van der Waals surface area contributed by atoms with E-state index < -0.39 is 6.04 Å². The maximum atomic E-state index is 12.1. The van der Waals surface area contributed by atoms with Gasteiger partial charge in [0.25, 0.3) is 0 Å². The van der Waals surface area contributed by atoms with Gasteiger partial charge in [0, 0.05) is 18.0 Å². The molecule has 1 rings (SSSR count). The van der Waals surface area contributed by atoms with Crippen molar-refractivity contribution in [1.82, 2.24) is 5.32 Å². The minimum absolute atomic E-state index is 0.289. The van der Waals surface area contributed by atoms with E-state index in [9.17, 15) is 4.79 Å². The first kappa shape index (κ1) is 16.0. The summed E-state index contributed by atoms with van der Waals surface area (Å²) in [5.74, 6) is -0.317. The van der Waals surface area contributed by atoms with Gasteiger partial charge >= 0.3 is 5.97 Å². The van der Waals surface area contributed by atoms with E-state index in [1.807, 2.05) is 32.0 Å². The van der Waals surface area contributed by atoms with Crippen molar-refractivity contribution in [3.05, 3.63) is 45.3 Å². The molecule has 6 heteroatoms. The standard InChI is InChI=1S/C14H20N4O2/c1-4-20-14(19)13(16-7-8-17-18-15)12-9-10(2)5-6-11(12)3/h5-6,9,13,16H,4,7-8H2,1-3H3. The van der Waals surface area contributed by atoms with E-state index in [-0.39, 0.29) is 12.5 Å². The Morgan fingerprint density at radius 2 is 2.25 bits per heavy atom. The van der Waals surface area contributed by atoms with E-state index in [0.29, 0.717) is 13.2 Å². The highest BCUT2D eigenvalue weighted by Crippen LogP contribution is 2.20. The van der Waals surface area contributed by atoms with E-state index in [1.165, 1.54) is 0 Å². The molecule has 0 saturated carbocycles. The van der Waals surface area contributed by atoms with E-state index in [4.69, 9.17) is 10.3 Å². The summed E-state index contributed by atoms with van der Waals surface area (Å²) in [6, 6.07) is 5.41. The van der Waals surface area contributed by atoms with Crippen molar-refractivity contribution in [1.29, 1.82) is 0 Å². The van der Waals surface area contributed by atoms with Crippen molar-refractivity contribution in [2.75, 3.05) is 19.7 Å². The topological polar surface area (TPSA) is 87.1 Å². The van der Waals surface area contributed by atoms with Crippen LogP contribution in [0.2, 0.25) is 0 Å². The Kier molecular flexibility index (Phi) is 6.56. The van der Waals surface area contributed by atoms with Crippen LogP contribution in [-0.4, -0.2) is 25.7 Å². The highest BCUT2D eigenvalue weighted by Gasteiger charge is 2.22.